The Labute approximate surface area is 108 Å². The summed E-state index contributed by atoms with van der Waals surface area (Å²) in [4.78, 5) is 24.0. The van der Waals surface area contributed by atoms with Crippen LogP contribution >= 0.6 is 0 Å². The normalized spacial score (nSPS) is 27.9. The van der Waals surface area contributed by atoms with Crippen LogP contribution in [0, 0.1) is 17.8 Å². The van der Waals surface area contributed by atoms with Crippen LogP contribution in [0.25, 0.3) is 0 Å². The summed E-state index contributed by atoms with van der Waals surface area (Å²) in [6.45, 7) is 4.17. The summed E-state index contributed by atoms with van der Waals surface area (Å²) in [6, 6.07) is -0.0317. The van der Waals surface area contributed by atoms with E-state index in [9.17, 15) is 9.59 Å². The highest BCUT2D eigenvalue weighted by Crippen LogP contribution is 2.30. The van der Waals surface area contributed by atoms with Gasteiger partial charge in [-0.3, -0.25) is 4.79 Å². The number of carbonyl (C=O) groups excluding carboxylic acids is 1. The van der Waals surface area contributed by atoms with Crippen LogP contribution in [-0.2, 0) is 4.79 Å². The summed E-state index contributed by atoms with van der Waals surface area (Å²) in [5.74, 6) is 0.685. The Balaban J connectivity index is 1.63. The van der Waals surface area contributed by atoms with E-state index < -0.39 is 5.97 Å². The zero-order valence-electron chi connectivity index (χ0n) is 10.9. The van der Waals surface area contributed by atoms with Crippen LogP contribution < -0.4 is 5.32 Å². The maximum absolute atomic E-state index is 11.8. The van der Waals surface area contributed by atoms with Gasteiger partial charge in [0.2, 0.25) is 0 Å². The number of nitrogens with zero attached hydrogens (tertiary/aromatic N) is 1. The first kappa shape index (κ1) is 13.2. The Morgan fingerprint density at radius 2 is 2.06 bits per heavy atom. The topological polar surface area (TPSA) is 69.6 Å². The van der Waals surface area contributed by atoms with Crippen LogP contribution in [0.4, 0.5) is 4.79 Å². The molecular formula is C13H22N2O3. The molecule has 1 heterocycles. The second kappa shape index (κ2) is 5.59. The molecule has 2 rings (SSSR count). The molecule has 1 saturated carbocycles. The number of urea groups is 1. The molecule has 1 saturated heterocycles. The number of hydrogen-bond donors (Lipinski definition) is 2. The van der Waals surface area contributed by atoms with E-state index in [4.69, 9.17) is 5.11 Å². The number of carboxylic acids is 1. The number of nitrogens with one attached hydrogen (secondary N) is 1. The molecule has 5 nitrogen and oxygen atoms in total. The summed E-state index contributed by atoms with van der Waals surface area (Å²) in [5, 5.41) is 11.6. The molecule has 0 radical (unpaired) electrons. The van der Waals surface area contributed by atoms with Crippen molar-refractivity contribution in [3.05, 3.63) is 0 Å². The molecule has 1 aliphatic carbocycles. The molecule has 0 bridgehead atoms. The van der Waals surface area contributed by atoms with E-state index in [1.54, 1.807) is 4.90 Å². The van der Waals surface area contributed by atoms with Gasteiger partial charge in [0.1, 0.15) is 0 Å². The molecule has 1 aliphatic heterocycles. The molecule has 2 unspecified atom stereocenters. The number of amides is 2. The van der Waals surface area contributed by atoms with Gasteiger partial charge in [0.15, 0.2) is 0 Å². The summed E-state index contributed by atoms with van der Waals surface area (Å²) >= 11 is 0. The average molecular weight is 254 g/mol. The van der Waals surface area contributed by atoms with Crippen molar-refractivity contribution in [3.8, 4) is 0 Å². The predicted molar refractivity (Wildman–Crippen MR) is 67.2 cm³/mol. The van der Waals surface area contributed by atoms with Crippen molar-refractivity contribution in [2.45, 2.75) is 32.6 Å². The van der Waals surface area contributed by atoms with Crippen LogP contribution in [0.1, 0.15) is 32.6 Å². The fourth-order valence-corrected chi connectivity index (χ4v) is 2.97. The molecule has 5 heteroatoms. The number of aliphatic carboxylic acids is 1. The van der Waals surface area contributed by atoms with E-state index >= 15 is 0 Å². The fourth-order valence-electron chi connectivity index (χ4n) is 2.97. The monoisotopic (exact) mass is 254 g/mol. The first-order valence-corrected chi connectivity index (χ1v) is 6.81. The van der Waals surface area contributed by atoms with Gasteiger partial charge >= 0.3 is 12.0 Å². The van der Waals surface area contributed by atoms with E-state index in [1.165, 1.54) is 19.3 Å². The van der Waals surface area contributed by atoms with Gasteiger partial charge in [-0.25, -0.2) is 4.79 Å². The minimum atomic E-state index is -0.778. The molecule has 0 aromatic heterocycles. The smallest absolute Gasteiger partial charge is 0.317 e. The van der Waals surface area contributed by atoms with Crippen LogP contribution in [0.3, 0.4) is 0 Å². The first-order valence-electron chi connectivity index (χ1n) is 6.81. The molecule has 0 aromatic rings. The lowest BCUT2D eigenvalue weighted by molar-refractivity contribution is -0.139. The fraction of sp³-hybridized carbons (Fsp3) is 0.846. The van der Waals surface area contributed by atoms with Gasteiger partial charge in [-0.2, -0.15) is 0 Å². The van der Waals surface area contributed by atoms with Crippen molar-refractivity contribution in [1.82, 2.24) is 10.2 Å². The van der Waals surface area contributed by atoms with E-state index in [2.05, 4.69) is 12.2 Å². The van der Waals surface area contributed by atoms with Crippen molar-refractivity contribution in [1.29, 1.82) is 0 Å². The number of rotatable bonds is 4. The zero-order chi connectivity index (χ0) is 13.1. The van der Waals surface area contributed by atoms with Crippen LogP contribution in [0.5, 0.6) is 0 Å². The predicted octanol–water partition coefficient (Wildman–Crippen LogP) is 1.54. The minimum absolute atomic E-state index is 0.0317. The van der Waals surface area contributed by atoms with Gasteiger partial charge < -0.3 is 15.3 Å². The number of likely N-dealkylation sites (tertiary alicyclic amines) is 1. The lowest BCUT2D eigenvalue weighted by atomic mass is 9.96. The van der Waals surface area contributed by atoms with Crippen molar-refractivity contribution >= 4 is 12.0 Å². The van der Waals surface area contributed by atoms with Crippen LogP contribution in [-0.4, -0.2) is 41.6 Å². The molecule has 102 valence electrons. The molecule has 0 spiro atoms. The number of carboxylic acid groups (broad SMARTS) is 1. The molecule has 2 fully saturated rings. The lowest BCUT2D eigenvalue weighted by Crippen LogP contribution is -2.54. The Morgan fingerprint density at radius 1 is 1.33 bits per heavy atom. The summed E-state index contributed by atoms with van der Waals surface area (Å²) in [5.41, 5.74) is 0. The number of hydrogen-bond acceptors (Lipinski definition) is 2. The van der Waals surface area contributed by atoms with Crippen LogP contribution in [0.2, 0.25) is 0 Å². The van der Waals surface area contributed by atoms with Crippen molar-refractivity contribution in [2.75, 3.05) is 19.6 Å². The van der Waals surface area contributed by atoms with Crippen molar-refractivity contribution in [2.24, 2.45) is 17.8 Å². The van der Waals surface area contributed by atoms with E-state index in [0.29, 0.717) is 24.9 Å². The second-order valence-corrected chi connectivity index (χ2v) is 5.72. The lowest BCUT2D eigenvalue weighted by Gasteiger charge is -2.38. The van der Waals surface area contributed by atoms with E-state index in [0.717, 1.165) is 6.54 Å². The molecular weight excluding hydrogens is 232 g/mol. The quantitative estimate of drug-likeness (QED) is 0.799. The van der Waals surface area contributed by atoms with E-state index in [-0.39, 0.29) is 18.4 Å². The highest BCUT2D eigenvalue weighted by atomic mass is 16.4. The summed E-state index contributed by atoms with van der Waals surface area (Å²) in [7, 11) is 0. The standard InChI is InChI=1S/C13H22N2O3/c1-9-3-2-4-11(9)6-14-13(18)15-7-10(8-15)5-12(16)17/h9-11H,2-8H2,1H3,(H,14,18)(H,16,17). The Bertz CT molecular complexity index is 326. The molecule has 2 atom stereocenters. The summed E-state index contributed by atoms with van der Waals surface area (Å²) in [6.07, 6.45) is 3.92. The third kappa shape index (κ3) is 3.15. The van der Waals surface area contributed by atoms with Gasteiger partial charge in [-0.05, 0) is 18.3 Å². The second-order valence-electron chi connectivity index (χ2n) is 5.72. The Hall–Kier alpha value is -1.26. The van der Waals surface area contributed by atoms with Gasteiger partial charge in [0.25, 0.3) is 0 Å². The van der Waals surface area contributed by atoms with Crippen molar-refractivity contribution < 1.29 is 14.7 Å². The largest absolute Gasteiger partial charge is 0.481 e. The molecule has 2 N–H and O–H groups in total. The maximum atomic E-state index is 11.8. The van der Waals surface area contributed by atoms with E-state index in [1.807, 2.05) is 0 Å². The van der Waals surface area contributed by atoms with Gasteiger partial charge in [0.05, 0.1) is 6.42 Å². The maximum Gasteiger partial charge on any atom is 0.317 e. The third-order valence-corrected chi connectivity index (χ3v) is 4.26. The van der Waals surface area contributed by atoms with Crippen LogP contribution in [0.15, 0.2) is 0 Å². The Morgan fingerprint density at radius 3 is 2.61 bits per heavy atom. The molecule has 2 aliphatic rings. The Kier molecular flexibility index (Phi) is 4.09. The SMILES string of the molecule is CC1CCCC1CNC(=O)N1CC(CC(=O)O)C1. The zero-order valence-corrected chi connectivity index (χ0v) is 10.9. The minimum Gasteiger partial charge on any atom is -0.481 e. The first-order chi connectivity index (χ1) is 8.56. The highest BCUT2D eigenvalue weighted by molar-refractivity contribution is 5.75. The van der Waals surface area contributed by atoms with Gasteiger partial charge in [-0.15, -0.1) is 0 Å². The van der Waals surface area contributed by atoms with Gasteiger partial charge in [-0.1, -0.05) is 19.8 Å². The third-order valence-electron chi connectivity index (χ3n) is 4.26. The van der Waals surface area contributed by atoms with Gasteiger partial charge in [0, 0.05) is 25.6 Å². The number of carbonyl (C=O) groups is 2. The highest BCUT2D eigenvalue weighted by Gasteiger charge is 2.32. The molecule has 18 heavy (non-hydrogen) atoms. The average Bonchev–Trinajstić information content (AvgIpc) is 2.65. The molecule has 0 aromatic carbocycles. The molecule has 2 amide bonds. The van der Waals surface area contributed by atoms with Crippen molar-refractivity contribution in [3.63, 3.8) is 0 Å². The summed E-state index contributed by atoms with van der Waals surface area (Å²) < 4.78 is 0.